The van der Waals surface area contributed by atoms with Gasteiger partial charge < -0.3 is 9.88 Å². The zero-order valence-electron chi connectivity index (χ0n) is 8.50. The summed E-state index contributed by atoms with van der Waals surface area (Å²) in [5, 5.41) is 3.32. The average molecular weight is 199 g/mol. The number of nitrogens with one attached hydrogen (secondary N) is 1. The molecule has 0 amide bonds. The van der Waals surface area contributed by atoms with Crippen LogP contribution in [0.25, 0.3) is 0 Å². The van der Waals surface area contributed by atoms with Crippen LogP contribution in [-0.2, 0) is 6.54 Å². The van der Waals surface area contributed by atoms with Crippen molar-refractivity contribution in [2.75, 3.05) is 23.9 Å². The number of aromatic nitrogens is 2. The number of hydrogen-bond donors (Lipinski definition) is 1. The molecule has 1 aromatic rings. The summed E-state index contributed by atoms with van der Waals surface area (Å²) in [6.45, 7) is 6.10. The van der Waals surface area contributed by atoms with Crippen LogP contribution < -0.4 is 5.32 Å². The highest BCUT2D eigenvalue weighted by atomic mass is 32.2. The first-order valence-electron chi connectivity index (χ1n) is 4.54. The number of nitrogens with zero attached hydrogens (tertiary/aromatic N) is 2. The molecular formula is C9H17N3S. The summed E-state index contributed by atoms with van der Waals surface area (Å²) in [6, 6.07) is 0. The molecule has 0 aliphatic heterocycles. The SMILES string of the molecule is CCn1cc(C)nc1NCCSC. The van der Waals surface area contributed by atoms with Crippen LogP contribution in [0, 0.1) is 6.92 Å². The Bertz CT molecular complexity index is 257. The molecule has 0 bridgehead atoms. The van der Waals surface area contributed by atoms with Gasteiger partial charge in [-0.2, -0.15) is 11.8 Å². The molecule has 4 heteroatoms. The summed E-state index contributed by atoms with van der Waals surface area (Å²) in [6.07, 6.45) is 4.18. The monoisotopic (exact) mass is 199 g/mol. The Balaban J connectivity index is 2.53. The molecule has 1 rings (SSSR count). The van der Waals surface area contributed by atoms with Gasteiger partial charge in [0.2, 0.25) is 5.95 Å². The van der Waals surface area contributed by atoms with Crippen molar-refractivity contribution >= 4 is 17.7 Å². The van der Waals surface area contributed by atoms with Crippen molar-refractivity contribution in [2.24, 2.45) is 0 Å². The highest BCUT2D eigenvalue weighted by molar-refractivity contribution is 7.98. The van der Waals surface area contributed by atoms with Gasteiger partial charge in [0, 0.05) is 25.0 Å². The van der Waals surface area contributed by atoms with Gasteiger partial charge >= 0.3 is 0 Å². The van der Waals surface area contributed by atoms with Gasteiger partial charge in [-0.3, -0.25) is 0 Å². The Morgan fingerprint density at radius 3 is 3.00 bits per heavy atom. The van der Waals surface area contributed by atoms with E-state index in [9.17, 15) is 0 Å². The molecule has 0 radical (unpaired) electrons. The molecule has 0 aliphatic rings. The predicted octanol–water partition coefficient (Wildman–Crippen LogP) is 1.99. The lowest BCUT2D eigenvalue weighted by Gasteiger charge is -2.05. The standard InChI is InChI=1S/C9H17N3S/c1-4-12-7-8(2)11-9(12)10-5-6-13-3/h7H,4-6H2,1-3H3,(H,10,11). The molecule has 0 atom stereocenters. The van der Waals surface area contributed by atoms with Gasteiger partial charge in [-0.05, 0) is 20.1 Å². The smallest absolute Gasteiger partial charge is 0.203 e. The Hall–Kier alpha value is -0.640. The molecule has 1 heterocycles. The van der Waals surface area contributed by atoms with E-state index in [0.717, 1.165) is 30.5 Å². The molecule has 0 unspecified atom stereocenters. The second-order valence-corrected chi connectivity index (χ2v) is 3.90. The van der Waals surface area contributed by atoms with Crippen LogP contribution in [0.5, 0.6) is 0 Å². The molecule has 13 heavy (non-hydrogen) atoms. The fraction of sp³-hybridized carbons (Fsp3) is 0.667. The summed E-state index contributed by atoms with van der Waals surface area (Å²) in [4.78, 5) is 4.40. The lowest BCUT2D eigenvalue weighted by Crippen LogP contribution is -2.09. The van der Waals surface area contributed by atoms with E-state index in [-0.39, 0.29) is 0 Å². The molecule has 3 nitrogen and oxygen atoms in total. The molecule has 0 aliphatic carbocycles. The van der Waals surface area contributed by atoms with Crippen molar-refractivity contribution in [3.63, 3.8) is 0 Å². The maximum atomic E-state index is 4.40. The van der Waals surface area contributed by atoms with Crippen molar-refractivity contribution in [1.82, 2.24) is 9.55 Å². The predicted molar refractivity (Wildman–Crippen MR) is 59.5 cm³/mol. The molecule has 1 N–H and O–H groups in total. The van der Waals surface area contributed by atoms with Crippen LogP contribution in [-0.4, -0.2) is 28.1 Å². The number of imidazole rings is 1. The highest BCUT2D eigenvalue weighted by Gasteiger charge is 2.01. The normalized spacial score (nSPS) is 10.4. The fourth-order valence-electron chi connectivity index (χ4n) is 1.19. The molecule has 0 fully saturated rings. The third-order valence-corrected chi connectivity index (χ3v) is 2.44. The highest BCUT2D eigenvalue weighted by Crippen LogP contribution is 2.07. The van der Waals surface area contributed by atoms with Crippen LogP contribution in [0.4, 0.5) is 5.95 Å². The zero-order chi connectivity index (χ0) is 9.68. The largest absolute Gasteiger partial charge is 0.355 e. The summed E-state index contributed by atoms with van der Waals surface area (Å²) >= 11 is 1.84. The molecule has 1 aromatic heterocycles. The second kappa shape index (κ2) is 5.17. The van der Waals surface area contributed by atoms with Gasteiger partial charge in [-0.1, -0.05) is 0 Å². The van der Waals surface area contributed by atoms with Crippen LogP contribution in [0.2, 0.25) is 0 Å². The lowest BCUT2D eigenvalue weighted by molar-refractivity contribution is 0.765. The maximum Gasteiger partial charge on any atom is 0.203 e. The number of aryl methyl sites for hydroxylation is 2. The van der Waals surface area contributed by atoms with Crippen LogP contribution in [0.3, 0.4) is 0 Å². The van der Waals surface area contributed by atoms with Crippen molar-refractivity contribution in [3.8, 4) is 0 Å². The van der Waals surface area contributed by atoms with Crippen LogP contribution in [0.1, 0.15) is 12.6 Å². The first-order chi connectivity index (χ1) is 6.27. The molecule has 0 saturated heterocycles. The Kier molecular flexibility index (Phi) is 4.15. The van der Waals surface area contributed by atoms with E-state index < -0.39 is 0 Å². The van der Waals surface area contributed by atoms with E-state index in [0.29, 0.717) is 0 Å². The van der Waals surface area contributed by atoms with Gasteiger partial charge in [0.1, 0.15) is 0 Å². The van der Waals surface area contributed by atoms with E-state index in [1.807, 2.05) is 18.7 Å². The Morgan fingerprint density at radius 2 is 2.38 bits per heavy atom. The van der Waals surface area contributed by atoms with Gasteiger partial charge in [0.15, 0.2) is 0 Å². The van der Waals surface area contributed by atoms with Crippen molar-refractivity contribution in [2.45, 2.75) is 20.4 Å². The maximum absolute atomic E-state index is 4.40. The van der Waals surface area contributed by atoms with E-state index in [1.54, 1.807) is 0 Å². The first kappa shape index (κ1) is 10.4. The average Bonchev–Trinajstić information content (AvgIpc) is 2.47. The van der Waals surface area contributed by atoms with Crippen LogP contribution in [0.15, 0.2) is 6.20 Å². The van der Waals surface area contributed by atoms with E-state index >= 15 is 0 Å². The summed E-state index contributed by atoms with van der Waals surface area (Å²) in [5.74, 6) is 2.12. The number of anilines is 1. The van der Waals surface area contributed by atoms with Gasteiger partial charge in [0.05, 0.1) is 5.69 Å². The minimum Gasteiger partial charge on any atom is -0.355 e. The van der Waals surface area contributed by atoms with Gasteiger partial charge in [-0.25, -0.2) is 4.98 Å². The first-order valence-corrected chi connectivity index (χ1v) is 5.94. The van der Waals surface area contributed by atoms with Gasteiger partial charge in [0.25, 0.3) is 0 Å². The molecule has 0 spiro atoms. The zero-order valence-corrected chi connectivity index (χ0v) is 9.32. The molecule has 0 saturated carbocycles. The third kappa shape index (κ3) is 2.95. The van der Waals surface area contributed by atoms with E-state index in [4.69, 9.17) is 0 Å². The van der Waals surface area contributed by atoms with Crippen molar-refractivity contribution in [3.05, 3.63) is 11.9 Å². The minimum atomic E-state index is 0.975. The summed E-state index contributed by atoms with van der Waals surface area (Å²) in [7, 11) is 0. The minimum absolute atomic E-state index is 0.975. The number of rotatable bonds is 5. The molecule has 74 valence electrons. The molecular weight excluding hydrogens is 182 g/mol. The fourth-order valence-corrected chi connectivity index (χ4v) is 1.50. The second-order valence-electron chi connectivity index (χ2n) is 2.91. The van der Waals surface area contributed by atoms with Crippen molar-refractivity contribution in [1.29, 1.82) is 0 Å². The van der Waals surface area contributed by atoms with E-state index in [1.165, 1.54) is 0 Å². The number of thioether (sulfide) groups is 1. The summed E-state index contributed by atoms with van der Waals surface area (Å²) < 4.78 is 2.13. The van der Waals surface area contributed by atoms with Crippen LogP contribution >= 0.6 is 11.8 Å². The van der Waals surface area contributed by atoms with E-state index in [2.05, 4.69) is 34.2 Å². The Morgan fingerprint density at radius 1 is 1.62 bits per heavy atom. The van der Waals surface area contributed by atoms with Crippen molar-refractivity contribution < 1.29 is 0 Å². The Labute approximate surface area is 83.9 Å². The third-order valence-electron chi connectivity index (χ3n) is 1.83. The quantitative estimate of drug-likeness (QED) is 0.735. The van der Waals surface area contributed by atoms with Gasteiger partial charge in [-0.15, -0.1) is 0 Å². The molecule has 0 aromatic carbocycles. The lowest BCUT2D eigenvalue weighted by atomic mass is 10.6. The topological polar surface area (TPSA) is 29.9 Å². The number of hydrogen-bond acceptors (Lipinski definition) is 3. The summed E-state index contributed by atoms with van der Waals surface area (Å²) in [5.41, 5.74) is 1.08.